The molecule has 0 atom stereocenters. The lowest BCUT2D eigenvalue weighted by Crippen LogP contribution is -2.43. The number of anilines is 1. The maximum Gasteiger partial charge on any atom is 0.133 e. The number of Topliss-reactive ketones (excluding diaryl/α,β-unsaturated/α-hetero) is 1. The summed E-state index contributed by atoms with van der Waals surface area (Å²) in [6.07, 6.45) is 15.4. The Morgan fingerprint density at radius 1 is 0.977 bits per heavy atom. The molecule has 0 aromatic carbocycles. The fourth-order valence-corrected chi connectivity index (χ4v) is 6.74. The summed E-state index contributed by atoms with van der Waals surface area (Å²) in [5.74, 6) is 1.22. The summed E-state index contributed by atoms with van der Waals surface area (Å²) in [7, 11) is 0. The molecule has 1 spiro atoms. The van der Waals surface area contributed by atoms with Gasteiger partial charge in [-0.3, -0.25) is 14.5 Å². The minimum absolute atomic E-state index is 0.206. The Labute approximate surface area is 247 Å². The zero-order valence-electron chi connectivity index (χ0n) is 23.6. The van der Waals surface area contributed by atoms with Gasteiger partial charge in [-0.25, -0.2) is 14.5 Å². The van der Waals surface area contributed by atoms with Crippen LogP contribution in [0.2, 0.25) is 0 Å². The van der Waals surface area contributed by atoms with Crippen molar-refractivity contribution >= 4 is 17.1 Å². The second-order valence-corrected chi connectivity index (χ2v) is 11.6. The Kier molecular flexibility index (Phi) is 6.04. The first kappa shape index (κ1) is 25.7. The molecular weight excluding hydrogens is 542 g/mol. The van der Waals surface area contributed by atoms with Crippen LogP contribution in [0.1, 0.15) is 61.4 Å². The zero-order valence-corrected chi connectivity index (χ0v) is 23.6. The quantitative estimate of drug-likeness (QED) is 0.303. The van der Waals surface area contributed by atoms with Crippen LogP contribution >= 0.6 is 0 Å². The number of nitriles is 1. The number of ether oxygens (including phenoxy) is 1. The molecule has 7 heterocycles. The van der Waals surface area contributed by atoms with E-state index in [0.717, 1.165) is 61.4 Å². The number of piperidine rings is 1. The molecule has 2 aliphatic heterocycles. The van der Waals surface area contributed by atoms with E-state index in [4.69, 9.17) is 14.7 Å². The van der Waals surface area contributed by atoms with E-state index in [1.807, 2.05) is 47.7 Å². The van der Waals surface area contributed by atoms with Gasteiger partial charge in [0.2, 0.25) is 0 Å². The van der Waals surface area contributed by atoms with Gasteiger partial charge in [0.25, 0.3) is 0 Å². The molecule has 1 saturated heterocycles. The highest BCUT2D eigenvalue weighted by molar-refractivity contribution is 5.83. The second kappa shape index (κ2) is 10.1. The molecule has 43 heavy (non-hydrogen) atoms. The van der Waals surface area contributed by atoms with E-state index in [1.54, 1.807) is 16.9 Å². The Balaban J connectivity index is 1.07. The van der Waals surface area contributed by atoms with Crippen molar-refractivity contribution in [1.29, 1.82) is 5.26 Å². The molecule has 8 rings (SSSR count). The molecule has 3 aliphatic rings. The van der Waals surface area contributed by atoms with E-state index in [0.29, 0.717) is 47.7 Å². The van der Waals surface area contributed by atoms with E-state index in [9.17, 15) is 10.1 Å². The second-order valence-electron chi connectivity index (χ2n) is 11.6. The van der Waals surface area contributed by atoms with Crippen molar-refractivity contribution in [2.45, 2.75) is 56.8 Å². The number of ketones is 1. The van der Waals surface area contributed by atoms with Crippen LogP contribution in [-0.2, 0) is 21.7 Å². The minimum atomic E-state index is -0.305. The van der Waals surface area contributed by atoms with Gasteiger partial charge >= 0.3 is 0 Å². The zero-order chi connectivity index (χ0) is 29.0. The molecular formula is C32H29N9O2. The highest BCUT2D eigenvalue weighted by atomic mass is 16.5. The fraction of sp³-hybridized carbons (Fsp3) is 0.344. The number of rotatable bonds is 4. The minimum Gasteiger partial charge on any atom is -0.364 e. The van der Waals surface area contributed by atoms with Crippen LogP contribution in [0.5, 0.6) is 0 Å². The molecule has 5 aromatic heterocycles. The van der Waals surface area contributed by atoms with Gasteiger partial charge in [0.1, 0.15) is 34.4 Å². The molecule has 214 valence electrons. The maximum atomic E-state index is 11.7. The Morgan fingerprint density at radius 3 is 2.63 bits per heavy atom. The molecule has 1 aliphatic carbocycles. The summed E-state index contributed by atoms with van der Waals surface area (Å²) in [5.41, 5.74) is 6.06. The molecule has 5 aromatic rings. The van der Waals surface area contributed by atoms with Crippen molar-refractivity contribution in [2.24, 2.45) is 0 Å². The fourth-order valence-electron chi connectivity index (χ4n) is 6.74. The van der Waals surface area contributed by atoms with Gasteiger partial charge in [-0.15, -0.1) is 0 Å². The average molecular weight is 572 g/mol. The van der Waals surface area contributed by atoms with E-state index in [-0.39, 0.29) is 11.6 Å². The van der Waals surface area contributed by atoms with Crippen LogP contribution in [0, 0.1) is 11.3 Å². The molecule has 2 fully saturated rings. The van der Waals surface area contributed by atoms with Crippen LogP contribution in [-0.4, -0.2) is 53.2 Å². The average Bonchev–Trinajstić information content (AvgIpc) is 3.80. The van der Waals surface area contributed by atoms with Gasteiger partial charge in [0.05, 0.1) is 48.3 Å². The Morgan fingerprint density at radius 2 is 1.84 bits per heavy atom. The number of fused-ring (bicyclic) bond motifs is 3. The maximum absolute atomic E-state index is 11.7. The Hall–Kier alpha value is -4.95. The van der Waals surface area contributed by atoms with Gasteiger partial charge in [0, 0.05) is 61.2 Å². The first-order valence-electron chi connectivity index (χ1n) is 14.7. The molecule has 11 heteroatoms. The first-order valence-corrected chi connectivity index (χ1v) is 14.7. The molecule has 0 amide bonds. The molecule has 0 N–H and O–H groups in total. The lowest BCUT2D eigenvalue weighted by molar-refractivity contribution is -0.120. The van der Waals surface area contributed by atoms with Gasteiger partial charge in [-0.05, 0) is 43.9 Å². The molecule has 1 saturated carbocycles. The van der Waals surface area contributed by atoms with Crippen molar-refractivity contribution in [1.82, 2.24) is 34.3 Å². The summed E-state index contributed by atoms with van der Waals surface area (Å²) in [6.45, 7) is 2.26. The summed E-state index contributed by atoms with van der Waals surface area (Å²) < 4.78 is 9.94. The monoisotopic (exact) mass is 571 g/mol. The number of hydrogen-bond donors (Lipinski definition) is 0. The largest absolute Gasteiger partial charge is 0.364 e. The third-order valence-corrected chi connectivity index (χ3v) is 9.14. The lowest BCUT2D eigenvalue weighted by atomic mass is 9.87. The number of nitrogens with zero attached hydrogens (tertiary/aromatic N) is 9. The van der Waals surface area contributed by atoms with Crippen LogP contribution in [0.25, 0.3) is 28.0 Å². The lowest BCUT2D eigenvalue weighted by Gasteiger charge is -2.39. The van der Waals surface area contributed by atoms with Crippen molar-refractivity contribution < 1.29 is 9.53 Å². The first-order chi connectivity index (χ1) is 21.1. The normalized spacial score (nSPS) is 18.3. The van der Waals surface area contributed by atoms with Gasteiger partial charge in [0.15, 0.2) is 0 Å². The summed E-state index contributed by atoms with van der Waals surface area (Å²) in [5, 5.41) is 18.9. The summed E-state index contributed by atoms with van der Waals surface area (Å²) in [4.78, 5) is 28.5. The number of hydrogen-bond acceptors (Lipinski definition) is 9. The smallest absolute Gasteiger partial charge is 0.133 e. The van der Waals surface area contributed by atoms with Crippen molar-refractivity contribution in [3.63, 3.8) is 0 Å². The van der Waals surface area contributed by atoms with Crippen LogP contribution in [0.4, 0.5) is 5.82 Å². The van der Waals surface area contributed by atoms with E-state index in [1.165, 1.54) is 5.56 Å². The van der Waals surface area contributed by atoms with Crippen LogP contribution < -0.4 is 4.90 Å². The predicted molar refractivity (Wildman–Crippen MR) is 157 cm³/mol. The van der Waals surface area contributed by atoms with Gasteiger partial charge < -0.3 is 9.64 Å². The summed E-state index contributed by atoms with van der Waals surface area (Å²) in [6, 6.07) is 10.6. The number of carbonyl (C=O) groups excluding carboxylic acids is 1. The number of aromatic nitrogens is 7. The predicted octanol–water partition coefficient (Wildman–Crippen LogP) is 4.63. The van der Waals surface area contributed by atoms with Gasteiger partial charge in [-0.2, -0.15) is 15.5 Å². The highest BCUT2D eigenvalue weighted by Crippen LogP contribution is 2.43. The topological polar surface area (TPSA) is 127 Å². The molecule has 0 bridgehead atoms. The Bertz CT molecular complexity index is 1880. The highest BCUT2D eigenvalue weighted by Gasteiger charge is 2.44. The third-order valence-electron chi connectivity index (χ3n) is 9.14. The van der Waals surface area contributed by atoms with E-state index in [2.05, 4.69) is 32.2 Å². The SMILES string of the molecule is N#Cc1cnn2cc(-c3cnn(C4CCC(=O)CC4)c3)nc(-c3ccc(N4CCC5(CC4)OCc4cccnc45)nc3)c12. The molecule has 0 radical (unpaired) electrons. The van der Waals surface area contributed by atoms with Crippen LogP contribution in [0.15, 0.2) is 61.4 Å². The molecule has 11 nitrogen and oxygen atoms in total. The van der Waals surface area contributed by atoms with Crippen LogP contribution in [0.3, 0.4) is 0 Å². The van der Waals surface area contributed by atoms with Crippen molar-refractivity contribution in [3.05, 3.63) is 78.3 Å². The standard InChI is InChI=1S/C32H29N9O2/c33-14-23-16-37-41-19-27(24-17-36-40(18-24)25-4-6-26(42)7-5-25)38-29(30(23)41)21-3-8-28(35-15-21)39-12-9-32(10-13-39)31-22(20-43-32)2-1-11-34-31/h1-3,8,11,15-19,25H,4-7,9-10,12-13,20H2. The summed E-state index contributed by atoms with van der Waals surface area (Å²) >= 11 is 0. The van der Waals surface area contributed by atoms with Crippen molar-refractivity contribution in [2.75, 3.05) is 18.0 Å². The van der Waals surface area contributed by atoms with Crippen molar-refractivity contribution in [3.8, 4) is 28.6 Å². The van der Waals surface area contributed by atoms with E-state index < -0.39 is 0 Å². The number of carbonyl (C=O) groups is 1. The third kappa shape index (κ3) is 4.37. The molecule has 0 unspecified atom stereocenters. The number of pyridine rings is 2. The van der Waals surface area contributed by atoms with Gasteiger partial charge in [-0.1, -0.05) is 6.07 Å². The van der Waals surface area contributed by atoms with E-state index >= 15 is 0 Å².